The van der Waals surface area contributed by atoms with Gasteiger partial charge in [-0.15, -0.1) is 0 Å². The molecule has 0 nitrogen and oxygen atoms in total. The molecule has 0 spiro atoms. The molecular formula is C12H17. The lowest BCUT2D eigenvalue weighted by Crippen LogP contribution is -1.96. The highest BCUT2D eigenvalue weighted by molar-refractivity contribution is 5.41. The molecule has 0 aliphatic carbocycles. The fourth-order valence-corrected chi connectivity index (χ4v) is 1.61. The lowest BCUT2D eigenvalue weighted by Gasteiger charge is -2.12. The summed E-state index contributed by atoms with van der Waals surface area (Å²) in [6.45, 7) is 8.75. The minimum Gasteiger partial charge on any atom is -0.0617 e. The molecule has 1 aromatic rings. The Morgan fingerprint density at radius 1 is 1.25 bits per heavy atom. The molecule has 65 valence electrons. The van der Waals surface area contributed by atoms with Crippen LogP contribution in [0.4, 0.5) is 0 Å². The first-order chi connectivity index (χ1) is 5.66. The van der Waals surface area contributed by atoms with Gasteiger partial charge in [0.05, 0.1) is 0 Å². The van der Waals surface area contributed by atoms with Gasteiger partial charge in [0.2, 0.25) is 0 Å². The summed E-state index contributed by atoms with van der Waals surface area (Å²) in [4.78, 5) is 0. The average Bonchev–Trinajstić information content (AvgIpc) is 2.04. The fourth-order valence-electron chi connectivity index (χ4n) is 1.61. The normalized spacial score (nSPS) is 10.8. The molecule has 0 fully saturated rings. The van der Waals surface area contributed by atoms with E-state index in [1.54, 1.807) is 0 Å². The first-order valence-electron chi connectivity index (χ1n) is 4.55. The molecule has 0 heterocycles. The van der Waals surface area contributed by atoms with Crippen molar-refractivity contribution in [2.45, 2.75) is 34.1 Å². The summed E-state index contributed by atoms with van der Waals surface area (Å²) in [6.07, 6.45) is 1.13. The van der Waals surface area contributed by atoms with E-state index in [0.29, 0.717) is 0 Å². The van der Waals surface area contributed by atoms with Crippen LogP contribution in [-0.4, -0.2) is 0 Å². The Kier molecular flexibility index (Phi) is 2.91. The van der Waals surface area contributed by atoms with E-state index in [0.717, 1.165) is 6.42 Å². The molecule has 0 aromatic heterocycles. The predicted molar refractivity (Wildman–Crippen MR) is 54.3 cm³/mol. The largest absolute Gasteiger partial charge is 0.0617 e. The first kappa shape index (κ1) is 9.31. The summed E-state index contributed by atoms with van der Waals surface area (Å²) in [6, 6.07) is 6.56. The van der Waals surface area contributed by atoms with Crippen LogP contribution in [0.2, 0.25) is 0 Å². The highest BCUT2D eigenvalue weighted by Crippen LogP contribution is 2.21. The molecule has 1 rings (SSSR count). The van der Waals surface area contributed by atoms with Crippen molar-refractivity contribution >= 4 is 0 Å². The van der Waals surface area contributed by atoms with Gasteiger partial charge in [0.1, 0.15) is 0 Å². The van der Waals surface area contributed by atoms with E-state index in [9.17, 15) is 0 Å². The van der Waals surface area contributed by atoms with Crippen LogP contribution in [0.25, 0.3) is 0 Å². The van der Waals surface area contributed by atoms with Crippen LogP contribution in [-0.2, 0) is 6.42 Å². The van der Waals surface area contributed by atoms with Gasteiger partial charge in [0, 0.05) is 0 Å². The molecule has 0 saturated carbocycles. The standard InChI is InChI=1S/C12H17/c1-5-11-7-6-8-12(9(2)3)10(11)4/h6-8H,5H2,1-4H3. The summed E-state index contributed by atoms with van der Waals surface area (Å²) in [5.41, 5.74) is 4.32. The Balaban J connectivity index is 3.14. The number of rotatable bonds is 2. The van der Waals surface area contributed by atoms with Gasteiger partial charge in [0.15, 0.2) is 0 Å². The summed E-state index contributed by atoms with van der Waals surface area (Å²) in [5.74, 6) is 1.41. The number of hydrogen-bond donors (Lipinski definition) is 0. The van der Waals surface area contributed by atoms with E-state index in [4.69, 9.17) is 0 Å². The van der Waals surface area contributed by atoms with Gasteiger partial charge in [0.25, 0.3) is 0 Å². The van der Waals surface area contributed by atoms with Gasteiger partial charge < -0.3 is 0 Å². The Hall–Kier alpha value is -0.780. The third-order valence-electron chi connectivity index (χ3n) is 2.37. The maximum absolute atomic E-state index is 2.21. The summed E-state index contributed by atoms with van der Waals surface area (Å²) >= 11 is 0. The fraction of sp³-hybridized carbons (Fsp3) is 0.417. The summed E-state index contributed by atoms with van der Waals surface area (Å²) in [5, 5.41) is 0. The average molecular weight is 161 g/mol. The quantitative estimate of drug-likeness (QED) is 0.622. The van der Waals surface area contributed by atoms with Gasteiger partial charge in [-0.2, -0.15) is 0 Å². The second-order valence-corrected chi connectivity index (χ2v) is 3.44. The summed E-state index contributed by atoms with van der Waals surface area (Å²) in [7, 11) is 0. The number of hydrogen-bond acceptors (Lipinski definition) is 0. The third-order valence-corrected chi connectivity index (χ3v) is 2.37. The molecule has 0 amide bonds. The van der Waals surface area contributed by atoms with Crippen molar-refractivity contribution in [1.29, 1.82) is 0 Å². The Bertz CT molecular complexity index is 259. The lowest BCUT2D eigenvalue weighted by atomic mass is 9.93. The van der Waals surface area contributed by atoms with Crippen molar-refractivity contribution in [3.8, 4) is 0 Å². The molecule has 1 radical (unpaired) electrons. The van der Waals surface area contributed by atoms with E-state index in [2.05, 4.69) is 45.9 Å². The van der Waals surface area contributed by atoms with Crippen LogP contribution in [0.1, 0.15) is 37.5 Å². The zero-order valence-corrected chi connectivity index (χ0v) is 8.44. The van der Waals surface area contributed by atoms with Crippen LogP contribution in [0, 0.1) is 12.8 Å². The van der Waals surface area contributed by atoms with Crippen LogP contribution >= 0.6 is 0 Å². The SMILES string of the molecule is CCc1cccc([C](C)C)c1C. The van der Waals surface area contributed by atoms with Crippen LogP contribution in [0.5, 0.6) is 0 Å². The van der Waals surface area contributed by atoms with Gasteiger partial charge >= 0.3 is 0 Å². The van der Waals surface area contributed by atoms with Gasteiger partial charge in [-0.25, -0.2) is 0 Å². The Morgan fingerprint density at radius 2 is 1.92 bits per heavy atom. The van der Waals surface area contributed by atoms with E-state index >= 15 is 0 Å². The van der Waals surface area contributed by atoms with E-state index in [1.807, 2.05) is 0 Å². The zero-order chi connectivity index (χ0) is 9.14. The van der Waals surface area contributed by atoms with E-state index in [-0.39, 0.29) is 0 Å². The van der Waals surface area contributed by atoms with Crippen molar-refractivity contribution in [3.05, 3.63) is 40.8 Å². The maximum atomic E-state index is 2.21. The third kappa shape index (κ3) is 1.69. The Labute approximate surface area is 75.6 Å². The van der Waals surface area contributed by atoms with Crippen LogP contribution in [0.15, 0.2) is 18.2 Å². The molecule has 0 unspecified atom stereocenters. The second kappa shape index (κ2) is 3.75. The molecule has 0 saturated heterocycles. The van der Waals surface area contributed by atoms with E-state index in [1.165, 1.54) is 22.6 Å². The maximum Gasteiger partial charge on any atom is -0.000923 e. The monoisotopic (exact) mass is 161 g/mol. The zero-order valence-electron chi connectivity index (χ0n) is 8.44. The van der Waals surface area contributed by atoms with Crippen molar-refractivity contribution in [2.24, 2.45) is 0 Å². The van der Waals surface area contributed by atoms with Gasteiger partial charge in [-0.05, 0) is 36.0 Å². The molecule has 12 heavy (non-hydrogen) atoms. The molecule has 0 bridgehead atoms. The van der Waals surface area contributed by atoms with Crippen molar-refractivity contribution in [3.63, 3.8) is 0 Å². The second-order valence-electron chi connectivity index (χ2n) is 3.44. The molecular weight excluding hydrogens is 144 g/mol. The minimum absolute atomic E-state index is 1.13. The summed E-state index contributed by atoms with van der Waals surface area (Å²) < 4.78 is 0. The van der Waals surface area contributed by atoms with Crippen molar-refractivity contribution in [1.82, 2.24) is 0 Å². The van der Waals surface area contributed by atoms with Crippen molar-refractivity contribution < 1.29 is 0 Å². The first-order valence-corrected chi connectivity index (χ1v) is 4.55. The lowest BCUT2D eigenvalue weighted by molar-refractivity contribution is 1.06. The number of benzene rings is 1. The smallest absolute Gasteiger partial charge is 0.000923 e. The topological polar surface area (TPSA) is 0 Å². The minimum atomic E-state index is 1.13. The Morgan fingerprint density at radius 3 is 2.42 bits per heavy atom. The van der Waals surface area contributed by atoms with E-state index < -0.39 is 0 Å². The molecule has 1 aromatic carbocycles. The number of aryl methyl sites for hydroxylation is 1. The van der Waals surface area contributed by atoms with Gasteiger partial charge in [-0.3, -0.25) is 0 Å². The molecule has 0 aliphatic rings. The molecule has 0 heteroatoms. The molecule has 0 aliphatic heterocycles. The van der Waals surface area contributed by atoms with Crippen molar-refractivity contribution in [2.75, 3.05) is 0 Å². The van der Waals surface area contributed by atoms with Gasteiger partial charge in [-0.1, -0.05) is 39.0 Å². The predicted octanol–water partition coefficient (Wildman–Crippen LogP) is 3.52. The molecule has 0 atom stereocenters. The molecule has 0 N–H and O–H groups in total. The highest BCUT2D eigenvalue weighted by Gasteiger charge is 2.05. The van der Waals surface area contributed by atoms with Crippen LogP contribution < -0.4 is 0 Å². The van der Waals surface area contributed by atoms with Crippen LogP contribution in [0.3, 0.4) is 0 Å². The highest BCUT2D eigenvalue weighted by atomic mass is 14.1.